The number of alkyl halides is 9. The van der Waals surface area contributed by atoms with Crippen LogP contribution in [0.3, 0.4) is 0 Å². The number of fused-ring (bicyclic) bond motifs is 1. The summed E-state index contributed by atoms with van der Waals surface area (Å²) in [6.07, 6.45) is -14.9. The van der Waals surface area contributed by atoms with Gasteiger partial charge in [0.2, 0.25) is 0 Å². The summed E-state index contributed by atoms with van der Waals surface area (Å²) in [4.78, 5) is 22.3. The lowest BCUT2D eigenvalue weighted by atomic mass is 9.84. The van der Waals surface area contributed by atoms with Gasteiger partial charge in [0, 0.05) is 30.1 Å². The Kier molecular flexibility index (Phi) is 7.83. The van der Waals surface area contributed by atoms with Crippen molar-refractivity contribution in [2.24, 2.45) is 5.16 Å². The fourth-order valence-electron chi connectivity index (χ4n) is 4.81. The third-order valence-electron chi connectivity index (χ3n) is 6.88. The lowest BCUT2D eigenvalue weighted by Gasteiger charge is -2.30. The molecule has 4 rings (SSSR count). The van der Waals surface area contributed by atoms with Crippen LogP contribution in [0, 0.1) is 0 Å². The molecule has 2 aromatic heterocycles. The number of pyridine rings is 1. The summed E-state index contributed by atoms with van der Waals surface area (Å²) < 4.78 is 125. The summed E-state index contributed by atoms with van der Waals surface area (Å²) in [5.74, 6) is -0.411. The number of hydrogen-bond donors (Lipinski definition) is 1. The van der Waals surface area contributed by atoms with Crippen LogP contribution in [-0.2, 0) is 22.8 Å². The Morgan fingerprint density at radius 1 is 1.05 bits per heavy atom. The number of rotatable bonds is 7. The van der Waals surface area contributed by atoms with E-state index in [1.165, 1.54) is 28.9 Å². The Hall–Kier alpha value is -4.08. The minimum Gasteiger partial charge on any atom is -0.385 e. The number of aromatic nitrogens is 2. The smallest absolute Gasteiger partial charge is 0.385 e. The molecule has 3 aromatic rings. The molecule has 1 atom stereocenters. The van der Waals surface area contributed by atoms with Gasteiger partial charge in [0.05, 0.1) is 43.1 Å². The fraction of sp³-hybridized carbons (Fsp3) is 0.370. The van der Waals surface area contributed by atoms with Gasteiger partial charge < -0.3 is 10.2 Å². The van der Waals surface area contributed by atoms with E-state index in [4.69, 9.17) is 4.84 Å². The number of imidazole rings is 1. The predicted molar refractivity (Wildman–Crippen MR) is 136 cm³/mol. The minimum atomic E-state index is -5.50. The summed E-state index contributed by atoms with van der Waals surface area (Å²) in [5.41, 5.74) is -8.84. The maximum absolute atomic E-state index is 14.5. The Morgan fingerprint density at radius 3 is 2.19 bits per heavy atom. The van der Waals surface area contributed by atoms with Crippen LogP contribution < -0.4 is 5.32 Å². The van der Waals surface area contributed by atoms with Crippen LogP contribution in [0.25, 0.3) is 5.65 Å². The van der Waals surface area contributed by atoms with E-state index in [1.54, 1.807) is 14.1 Å². The van der Waals surface area contributed by atoms with Gasteiger partial charge in [-0.15, -0.1) is 0 Å². The summed E-state index contributed by atoms with van der Waals surface area (Å²) >= 11 is 0. The molecule has 1 N–H and O–H groups in total. The Morgan fingerprint density at radius 2 is 1.65 bits per heavy atom. The molecule has 7 nitrogen and oxygen atoms in total. The second kappa shape index (κ2) is 10.6. The maximum atomic E-state index is 14.5. The van der Waals surface area contributed by atoms with Crippen molar-refractivity contribution < 1.29 is 53.6 Å². The highest BCUT2D eigenvalue weighted by Gasteiger charge is 2.63. The van der Waals surface area contributed by atoms with Crippen molar-refractivity contribution in [1.82, 2.24) is 14.7 Å². The molecule has 1 amide bonds. The normalized spacial score (nSPS) is 18.0. The third kappa shape index (κ3) is 5.92. The highest BCUT2D eigenvalue weighted by molar-refractivity contribution is 6.07. The Bertz CT molecular complexity index is 1570. The summed E-state index contributed by atoms with van der Waals surface area (Å²) in [6, 6.07) is 2.22. The minimum absolute atomic E-state index is 0.0308. The van der Waals surface area contributed by atoms with Crippen molar-refractivity contribution in [3.05, 3.63) is 82.9 Å². The van der Waals surface area contributed by atoms with Crippen LogP contribution in [0.4, 0.5) is 39.5 Å². The van der Waals surface area contributed by atoms with E-state index in [0.29, 0.717) is 12.2 Å². The maximum Gasteiger partial charge on any atom is 0.435 e. The number of halogens is 9. The largest absolute Gasteiger partial charge is 0.435 e. The van der Waals surface area contributed by atoms with E-state index >= 15 is 0 Å². The van der Waals surface area contributed by atoms with E-state index < -0.39 is 58.9 Å². The second-order valence-electron chi connectivity index (χ2n) is 10.5. The summed E-state index contributed by atoms with van der Waals surface area (Å²) in [7, 11) is 3.25. The van der Waals surface area contributed by atoms with Crippen LogP contribution in [-0.4, -0.2) is 58.8 Å². The van der Waals surface area contributed by atoms with Gasteiger partial charge in [0.1, 0.15) is 12.2 Å². The molecule has 0 saturated heterocycles. The second-order valence-corrected chi connectivity index (χ2v) is 10.5. The van der Waals surface area contributed by atoms with E-state index in [0.717, 1.165) is 0 Å². The Balaban J connectivity index is 1.78. The quantitative estimate of drug-likeness (QED) is 0.249. The van der Waals surface area contributed by atoms with Crippen molar-refractivity contribution in [2.45, 2.75) is 37.5 Å². The lowest BCUT2D eigenvalue weighted by Crippen LogP contribution is -2.48. The molecule has 3 heterocycles. The van der Waals surface area contributed by atoms with Crippen LogP contribution in [0.5, 0.6) is 0 Å². The molecule has 0 radical (unpaired) electrons. The zero-order valence-electron chi connectivity index (χ0n) is 22.9. The van der Waals surface area contributed by atoms with Crippen LogP contribution in [0.1, 0.15) is 46.1 Å². The lowest BCUT2D eigenvalue weighted by molar-refractivity contribution is -0.802. The van der Waals surface area contributed by atoms with E-state index in [9.17, 15) is 44.3 Å². The highest BCUT2D eigenvalue weighted by atomic mass is 19.4. The molecular formula is C27H25F9N5O2+. The highest BCUT2D eigenvalue weighted by Crippen LogP contribution is 2.51. The van der Waals surface area contributed by atoms with Crippen molar-refractivity contribution in [1.29, 1.82) is 0 Å². The average molecular weight is 623 g/mol. The number of amides is 1. The molecule has 1 unspecified atom stereocenters. The van der Waals surface area contributed by atoms with Crippen LogP contribution in [0.15, 0.2) is 60.2 Å². The van der Waals surface area contributed by atoms with Gasteiger partial charge in [-0.25, -0.2) is 9.78 Å². The van der Waals surface area contributed by atoms with E-state index in [1.807, 2.05) is 6.92 Å². The molecule has 1 aromatic carbocycles. The SMILES string of the molecule is C=C(C[N+](C)(C)C(=O)c1ccc(C2=NOC(c3cc(C(F)(F)F)cc(C(F)(F)F)c3)(C(F)(F)F)C2)c2nccn12)NCC. The molecule has 0 fully saturated rings. The van der Waals surface area contributed by atoms with Gasteiger partial charge in [-0.3, -0.25) is 8.88 Å². The van der Waals surface area contributed by atoms with Crippen molar-refractivity contribution in [3.63, 3.8) is 0 Å². The van der Waals surface area contributed by atoms with E-state index in [-0.39, 0.29) is 46.1 Å². The number of nitrogens with one attached hydrogen (secondary N) is 1. The summed E-state index contributed by atoms with van der Waals surface area (Å²) in [6.45, 7) is 6.51. The number of benzene rings is 1. The predicted octanol–water partition coefficient (Wildman–Crippen LogP) is 6.29. The standard InChI is InChI=1S/C27H25F9N5O2/c1-5-37-15(2)14-41(3,4)23(42)21-7-6-19(22-38-8-9-40(21)22)20-13-24(43-39-20,27(34,35)36)16-10-17(25(28,29)30)12-18(11-16)26(31,32)33/h6-12,37H,2,5,13-14H2,1,3-4H3/q+1. The number of oxime groups is 1. The molecule has 232 valence electrons. The van der Waals surface area contributed by atoms with Gasteiger partial charge in [0.25, 0.3) is 5.60 Å². The number of carbonyl (C=O) groups is 1. The van der Waals surface area contributed by atoms with Crippen molar-refractivity contribution in [3.8, 4) is 0 Å². The average Bonchev–Trinajstić information content (AvgIpc) is 3.55. The topological polar surface area (TPSA) is 68.0 Å². The number of carbonyl (C=O) groups excluding carboxylic acids is 1. The zero-order valence-corrected chi connectivity index (χ0v) is 22.9. The first kappa shape index (κ1) is 31.8. The zero-order chi connectivity index (χ0) is 32.2. The number of quaternary nitrogens is 1. The molecular weight excluding hydrogens is 597 g/mol. The number of nitrogens with zero attached hydrogens (tertiary/aromatic N) is 4. The number of likely N-dealkylation sites (N-methyl/N-ethyl adjacent to an activating group) is 2. The molecule has 0 spiro atoms. The molecule has 1 aliphatic rings. The molecule has 16 heteroatoms. The van der Waals surface area contributed by atoms with Gasteiger partial charge >= 0.3 is 24.4 Å². The van der Waals surface area contributed by atoms with Crippen LogP contribution in [0.2, 0.25) is 0 Å². The fourth-order valence-corrected chi connectivity index (χ4v) is 4.81. The van der Waals surface area contributed by atoms with Crippen LogP contribution >= 0.6 is 0 Å². The molecule has 43 heavy (non-hydrogen) atoms. The summed E-state index contributed by atoms with van der Waals surface area (Å²) in [5, 5.41) is 6.49. The first-order valence-corrected chi connectivity index (χ1v) is 12.6. The van der Waals surface area contributed by atoms with Gasteiger partial charge in [-0.2, -0.15) is 39.5 Å². The Labute approximate surface area is 238 Å². The van der Waals surface area contributed by atoms with Crippen molar-refractivity contribution in [2.75, 3.05) is 27.2 Å². The molecule has 0 aliphatic carbocycles. The van der Waals surface area contributed by atoms with Gasteiger partial charge in [-0.1, -0.05) is 11.7 Å². The monoisotopic (exact) mass is 622 g/mol. The van der Waals surface area contributed by atoms with Gasteiger partial charge in [0.15, 0.2) is 5.69 Å². The number of hydrogen-bond acceptors (Lipinski definition) is 5. The van der Waals surface area contributed by atoms with Gasteiger partial charge in [-0.05, 0) is 37.3 Å². The van der Waals surface area contributed by atoms with Crippen molar-refractivity contribution >= 4 is 17.3 Å². The molecule has 1 aliphatic heterocycles. The van der Waals surface area contributed by atoms with E-state index in [2.05, 4.69) is 22.0 Å². The first-order chi connectivity index (χ1) is 19.7. The molecule has 0 bridgehead atoms. The first-order valence-electron chi connectivity index (χ1n) is 12.6. The third-order valence-corrected chi connectivity index (χ3v) is 6.88. The molecule has 0 saturated carbocycles.